The summed E-state index contributed by atoms with van der Waals surface area (Å²) in [5, 5.41) is 3.59. The van der Waals surface area contributed by atoms with E-state index in [2.05, 4.69) is 22.4 Å². The van der Waals surface area contributed by atoms with Crippen LogP contribution in [-0.4, -0.2) is 24.7 Å². The SMILES string of the molecule is COc1cncc(C2=CC3CCNC(C2)C3)c1. The molecule has 1 fully saturated rings. The van der Waals surface area contributed by atoms with Crippen molar-refractivity contribution >= 4 is 5.57 Å². The van der Waals surface area contributed by atoms with Crippen molar-refractivity contribution in [3.63, 3.8) is 0 Å². The lowest BCUT2D eigenvalue weighted by Gasteiger charge is -2.34. The molecule has 1 saturated heterocycles. The highest BCUT2D eigenvalue weighted by molar-refractivity contribution is 5.67. The maximum absolute atomic E-state index is 5.23. The van der Waals surface area contributed by atoms with E-state index in [9.17, 15) is 0 Å². The summed E-state index contributed by atoms with van der Waals surface area (Å²) in [4.78, 5) is 4.24. The summed E-state index contributed by atoms with van der Waals surface area (Å²) in [6.45, 7) is 1.16. The van der Waals surface area contributed by atoms with Crippen LogP contribution >= 0.6 is 0 Å². The Morgan fingerprint density at radius 3 is 3.18 bits per heavy atom. The highest BCUT2D eigenvalue weighted by Gasteiger charge is 2.26. The number of methoxy groups -OCH3 is 1. The van der Waals surface area contributed by atoms with Crippen LogP contribution in [0.3, 0.4) is 0 Å². The monoisotopic (exact) mass is 230 g/mol. The molecule has 0 radical (unpaired) electrons. The number of piperidine rings is 1. The van der Waals surface area contributed by atoms with Crippen LogP contribution in [-0.2, 0) is 0 Å². The Balaban J connectivity index is 1.90. The summed E-state index contributed by atoms with van der Waals surface area (Å²) in [6.07, 6.45) is 9.80. The van der Waals surface area contributed by atoms with Crippen LogP contribution < -0.4 is 10.1 Å². The summed E-state index contributed by atoms with van der Waals surface area (Å²) in [6, 6.07) is 2.74. The van der Waals surface area contributed by atoms with Gasteiger partial charge in [-0.05, 0) is 48.9 Å². The normalized spacial score (nSPS) is 27.5. The van der Waals surface area contributed by atoms with Crippen molar-refractivity contribution in [2.45, 2.75) is 25.3 Å². The minimum absolute atomic E-state index is 0.653. The van der Waals surface area contributed by atoms with E-state index in [4.69, 9.17) is 4.74 Å². The molecule has 3 heteroatoms. The zero-order valence-electron chi connectivity index (χ0n) is 10.1. The maximum Gasteiger partial charge on any atom is 0.137 e. The Morgan fingerprint density at radius 1 is 1.41 bits per heavy atom. The third kappa shape index (κ3) is 2.20. The van der Waals surface area contributed by atoms with Gasteiger partial charge in [-0.1, -0.05) is 6.08 Å². The van der Waals surface area contributed by atoms with Crippen molar-refractivity contribution in [1.82, 2.24) is 10.3 Å². The molecule has 2 atom stereocenters. The molecule has 2 bridgehead atoms. The summed E-state index contributed by atoms with van der Waals surface area (Å²) < 4.78 is 5.23. The molecule has 90 valence electrons. The number of allylic oxidation sites excluding steroid dienone is 1. The molecular formula is C14H18N2O. The van der Waals surface area contributed by atoms with Crippen LogP contribution in [0, 0.1) is 5.92 Å². The van der Waals surface area contributed by atoms with Gasteiger partial charge in [0.15, 0.2) is 0 Å². The van der Waals surface area contributed by atoms with Gasteiger partial charge < -0.3 is 10.1 Å². The third-order valence-electron chi connectivity index (χ3n) is 3.76. The van der Waals surface area contributed by atoms with Gasteiger partial charge in [-0.15, -0.1) is 0 Å². The molecule has 1 N–H and O–H groups in total. The fourth-order valence-corrected chi connectivity index (χ4v) is 2.88. The molecule has 1 aliphatic carbocycles. The van der Waals surface area contributed by atoms with Crippen molar-refractivity contribution in [2.24, 2.45) is 5.92 Å². The van der Waals surface area contributed by atoms with Gasteiger partial charge in [-0.3, -0.25) is 4.98 Å². The number of nitrogens with zero attached hydrogens (tertiary/aromatic N) is 1. The van der Waals surface area contributed by atoms with Crippen molar-refractivity contribution < 1.29 is 4.74 Å². The number of hydrogen-bond acceptors (Lipinski definition) is 3. The van der Waals surface area contributed by atoms with E-state index in [0.29, 0.717) is 6.04 Å². The Kier molecular flexibility index (Phi) is 2.85. The topological polar surface area (TPSA) is 34.1 Å². The highest BCUT2D eigenvalue weighted by atomic mass is 16.5. The first-order chi connectivity index (χ1) is 8.35. The summed E-state index contributed by atoms with van der Waals surface area (Å²) >= 11 is 0. The lowest BCUT2D eigenvalue weighted by Crippen LogP contribution is -2.39. The zero-order chi connectivity index (χ0) is 11.7. The first-order valence-corrected chi connectivity index (χ1v) is 6.28. The van der Waals surface area contributed by atoms with E-state index < -0.39 is 0 Å². The number of rotatable bonds is 2. The lowest BCUT2D eigenvalue weighted by atomic mass is 9.80. The Morgan fingerprint density at radius 2 is 2.35 bits per heavy atom. The average molecular weight is 230 g/mol. The number of nitrogens with one attached hydrogen (secondary N) is 1. The van der Waals surface area contributed by atoms with Gasteiger partial charge in [-0.2, -0.15) is 0 Å². The van der Waals surface area contributed by atoms with Crippen LogP contribution in [0.2, 0.25) is 0 Å². The predicted molar refractivity (Wildman–Crippen MR) is 67.9 cm³/mol. The van der Waals surface area contributed by atoms with Crippen LogP contribution in [0.25, 0.3) is 5.57 Å². The minimum atomic E-state index is 0.653. The van der Waals surface area contributed by atoms with Gasteiger partial charge >= 0.3 is 0 Å². The summed E-state index contributed by atoms with van der Waals surface area (Å²) in [5.41, 5.74) is 2.63. The van der Waals surface area contributed by atoms with Crippen molar-refractivity contribution in [1.29, 1.82) is 0 Å². The van der Waals surface area contributed by atoms with Gasteiger partial charge in [0, 0.05) is 12.2 Å². The minimum Gasteiger partial charge on any atom is -0.495 e. The molecule has 0 saturated carbocycles. The van der Waals surface area contributed by atoms with E-state index in [1.54, 1.807) is 13.3 Å². The van der Waals surface area contributed by atoms with Gasteiger partial charge in [0.2, 0.25) is 0 Å². The average Bonchev–Trinajstić information content (AvgIpc) is 2.38. The number of pyridine rings is 1. The second kappa shape index (κ2) is 4.49. The second-order valence-corrected chi connectivity index (χ2v) is 4.94. The predicted octanol–water partition coefficient (Wildman–Crippen LogP) is 2.25. The molecule has 2 unspecified atom stereocenters. The molecule has 0 aromatic carbocycles. The quantitative estimate of drug-likeness (QED) is 0.846. The first kappa shape index (κ1) is 10.8. The fourth-order valence-electron chi connectivity index (χ4n) is 2.88. The Labute approximate surface area is 102 Å². The first-order valence-electron chi connectivity index (χ1n) is 6.28. The standard InChI is InChI=1S/C14H18N2O/c1-17-14-7-12(8-15-9-14)11-4-10-2-3-16-13(5-10)6-11/h4,7-10,13,16H,2-3,5-6H2,1H3. The molecule has 3 nitrogen and oxygen atoms in total. The Hall–Kier alpha value is -1.35. The molecule has 3 rings (SSSR count). The van der Waals surface area contributed by atoms with Crippen LogP contribution in [0.15, 0.2) is 24.5 Å². The van der Waals surface area contributed by atoms with Crippen molar-refractivity contribution in [2.75, 3.05) is 13.7 Å². The van der Waals surface area contributed by atoms with Crippen LogP contribution in [0.5, 0.6) is 5.75 Å². The van der Waals surface area contributed by atoms with E-state index in [1.807, 2.05) is 6.20 Å². The molecule has 17 heavy (non-hydrogen) atoms. The van der Waals surface area contributed by atoms with E-state index in [1.165, 1.54) is 24.0 Å². The molecular weight excluding hydrogens is 212 g/mol. The molecule has 0 amide bonds. The number of aromatic nitrogens is 1. The molecule has 1 aromatic heterocycles. The summed E-state index contributed by atoms with van der Waals surface area (Å²) in [5.74, 6) is 1.59. The van der Waals surface area contributed by atoms with Gasteiger partial charge in [0.25, 0.3) is 0 Å². The lowest BCUT2D eigenvalue weighted by molar-refractivity contribution is 0.335. The van der Waals surface area contributed by atoms with Crippen LogP contribution in [0.4, 0.5) is 0 Å². The largest absolute Gasteiger partial charge is 0.495 e. The Bertz CT molecular complexity index is 442. The fraction of sp³-hybridized carbons (Fsp3) is 0.500. The van der Waals surface area contributed by atoms with Gasteiger partial charge in [-0.25, -0.2) is 0 Å². The molecule has 1 aromatic rings. The highest BCUT2D eigenvalue weighted by Crippen LogP contribution is 2.34. The van der Waals surface area contributed by atoms with Gasteiger partial charge in [0.1, 0.15) is 5.75 Å². The van der Waals surface area contributed by atoms with Gasteiger partial charge in [0.05, 0.1) is 13.3 Å². The second-order valence-electron chi connectivity index (χ2n) is 4.94. The van der Waals surface area contributed by atoms with Crippen molar-refractivity contribution in [3.05, 3.63) is 30.1 Å². The molecule has 2 heterocycles. The van der Waals surface area contributed by atoms with Crippen molar-refractivity contribution in [3.8, 4) is 5.75 Å². The molecule has 1 aliphatic heterocycles. The van der Waals surface area contributed by atoms with Crippen LogP contribution in [0.1, 0.15) is 24.8 Å². The molecule has 0 spiro atoms. The number of hydrogen-bond donors (Lipinski definition) is 1. The number of fused-ring (bicyclic) bond motifs is 2. The summed E-state index contributed by atoms with van der Waals surface area (Å²) in [7, 11) is 1.69. The maximum atomic E-state index is 5.23. The molecule has 2 aliphatic rings. The zero-order valence-corrected chi connectivity index (χ0v) is 10.1. The van der Waals surface area contributed by atoms with E-state index >= 15 is 0 Å². The third-order valence-corrected chi connectivity index (χ3v) is 3.76. The van der Waals surface area contributed by atoms with E-state index in [0.717, 1.165) is 24.6 Å². The smallest absolute Gasteiger partial charge is 0.137 e. The van der Waals surface area contributed by atoms with E-state index in [-0.39, 0.29) is 0 Å². The number of ether oxygens (including phenoxy) is 1.